The number of aromatic carboxylic acids is 1. The summed E-state index contributed by atoms with van der Waals surface area (Å²) in [4.78, 5) is 16.2. The molecule has 1 unspecified atom stereocenters. The molecule has 2 aliphatic rings. The minimum atomic E-state index is -0.905. The Balaban J connectivity index is 0.00000196. The zero-order valence-electron chi connectivity index (χ0n) is 14.3. The second-order valence-electron chi connectivity index (χ2n) is 6.79. The van der Waals surface area contributed by atoms with Crippen LogP contribution in [0.3, 0.4) is 0 Å². The molecule has 2 aliphatic heterocycles. The number of hydrogen-bond acceptors (Lipinski definition) is 4. The summed E-state index contributed by atoms with van der Waals surface area (Å²) in [5.41, 5.74) is 3.64. The Labute approximate surface area is 175 Å². The van der Waals surface area contributed by atoms with Crippen LogP contribution in [0.15, 0.2) is 42.5 Å². The molecule has 5 nitrogen and oxygen atoms in total. The van der Waals surface area contributed by atoms with Crippen LogP contribution in [-0.2, 0) is 6.61 Å². The van der Waals surface area contributed by atoms with Crippen LogP contribution in [0.4, 0.5) is 0 Å². The van der Waals surface area contributed by atoms with Crippen molar-refractivity contribution >= 4 is 35.5 Å². The van der Waals surface area contributed by atoms with Crippen LogP contribution in [0.25, 0.3) is 0 Å². The summed E-state index contributed by atoms with van der Waals surface area (Å²) in [7, 11) is 2.14. The van der Waals surface area contributed by atoms with Crippen molar-refractivity contribution in [3.8, 4) is 5.75 Å². The van der Waals surface area contributed by atoms with Crippen LogP contribution in [0.5, 0.6) is 5.75 Å². The van der Waals surface area contributed by atoms with E-state index in [1.165, 1.54) is 11.1 Å². The van der Waals surface area contributed by atoms with Crippen molar-refractivity contribution in [2.45, 2.75) is 12.6 Å². The van der Waals surface area contributed by atoms with Gasteiger partial charge in [0.2, 0.25) is 0 Å². The Morgan fingerprint density at radius 2 is 1.81 bits per heavy atom. The summed E-state index contributed by atoms with van der Waals surface area (Å²) in [6.45, 7) is 4.43. The van der Waals surface area contributed by atoms with Crippen LogP contribution in [-0.4, -0.2) is 83.7 Å². The molecule has 4 rings (SSSR count). The van der Waals surface area contributed by atoms with Gasteiger partial charge >= 0.3 is 35.5 Å². The van der Waals surface area contributed by atoms with Crippen LogP contribution < -0.4 is 4.74 Å². The number of rotatable bonds is 2. The van der Waals surface area contributed by atoms with Crippen molar-refractivity contribution in [3.05, 3.63) is 64.7 Å². The van der Waals surface area contributed by atoms with Gasteiger partial charge in [0.05, 0.1) is 11.6 Å². The Morgan fingerprint density at radius 1 is 1.08 bits per heavy atom. The summed E-state index contributed by atoms with van der Waals surface area (Å²) in [6, 6.07) is 13.6. The predicted octanol–water partition coefficient (Wildman–Crippen LogP) is 1.97. The predicted molar refractivity (Wildman–Crippen MR) is 102 cm³/mol. The third kappa shape index (κ3) is 3.68. The van der Waals surface area contributed by atoms with Crippen molar-refractivity contribution in [2.24, 2.45) is 0 Å². The van der Waals surface area contributed by atoms with Gasteiger partial charge in [0.1, 0.15) is 12.4 Å². The van der Waals surface area contributed by atoms with Gasteiger partial charge in [-0.1, -0.05) is 24.3 Å². The van der Waals surface area contributed by atoms with E-state index < -0.39 is 5.97 Å². The average molecular weight is 362 g/mol. The normalized spacial score (nSPS) is 20.1. The fourth-order valence-electron chi connectivity index (χ4n) is 3.76. The molecule has 0 bridgehead atoms. The minimum absolute atomic E-state index is 0. The first-order chi connectivity index (χ1) is 12.1. The van der Waals surface area contributed by atoms with Gasteiger partial charge in [-0.2, -0.15) is 0 Å². The van der Waals surface area contributed by atoms with Gasteiger partial charge in [0, 0.05) is 31.7 Å². The molecule has 26 heavy (non-hydrogen) atoms. The Kier molecular flexibility index (Phi) is 6.05. The topological polar surface area (TPSA) is 53.0 Å². The number of likely N-dealkylation sites (N-methyl/N-ethyl adjacent to an activating group) is 1. The van der Waals surface area contributed by atoms with Gasteiger partial charge in [0.15, 0.2) is 0 Å². The molecule has 0 aliphatic carbocycles. The zero-order chi connectivity index (χ0) is 17.4. The van der Waals surface area contributed by atoms with E-state index in [0.29, 0.717) is 12.2 Å². The van der Waals surface area contributed by atoms with Gasteiger partial charge in [-0.3, -0.25) is 4.90 Å². The molecule has 0 saturated carbocycles. The second kappa shape index (κ2) is 8.11. The molecule has 2 heterocycles. The monoisotopic (exact) mass is 362 g/mol. The SMILES string of the molecule is CN1CCN(C2c3ccccc3COc3ccc(C(=O)O)cc32)CC1.[NaH]. The molecule has 1 atom stereocenters. The third-order valence-corrected chi connectivity index (χ3v) is 5.19. The number of ether oxygens (including phenoxy) is 1. The first-order valence-electron chi connectivity index (χ1n) is 8.64. The van der Waals surface area contributed by atoms with Gasteiger partial charge in [-0.15, -0.1) is 0 Å². The van der Waals surface area contributed by atoms with Crippen LogP contribution >= 0.6 is 0 Å². The van der Waals surface area contributed by atoms with Gasteiger partial charge in [-0.25, -0.2) is 4.79 Å². The summed E-state index contributed by atoms with van der Waals surface area (Å²) in [6.07, 6.45) is 0. The van der Waals surface area contributed by atoms with Gasteiger partial charge < -0.3 is 14.7 Å². The molecule has 2 aromatic carbocycles. The zero-order valence-corrected chi connectivity index (χ0v) is 14.3. The summed E-state index contributed by atoms with van der Waals surface area (Å²) < 4.78 is 6.02. The van der Waals surface area contributed by atoms with Crippen molar-refractivity contribution in [1.82, 2.24) is 9.80 Å². The maximum atomic E-state index is 11.5. The first kappa shape index (κ1) is 19.4. The molecule has 0 amide bonds. The van der Waals surface area contributed by atoms with E-state index in [1.807, 2.05) is 12.1 Å². The number of piperazine rings is 1. The Morgan fingerprint density at radius 3 is 2.54 bits per heavy atom. The summed E-state index contributed by atoms with van der Waals surface area (Å²) in [5, 5.41) is 9.42. The molecule has 0 radical (unpaired) electrons. The number of carboxylic acids is 1. The van der Waals surface area contributed by atoms with E-state index in [2.05, 4.69) is 29.0 Å². The number of hydrogen-bond donors (Lipinski definition) is 1. The summed E-state index contributed by atoms with van der Waals surface area (Å²) in [5.74, 6) is -0.123. The Hall–Kier alpha value is -1.37. The van der Waals surface area contributed by atoms with Crippen LogP contribution in [0.2, 0.25) is 0 Å². The van der Waals surface area contributed by atoms with E-state index in [0.717, 1.165) is 37.5 Å². The molecule has 1 saturated heterocycles. The third-order valence-electron chi connectivity index (χ3n) is 5.19. The number of fused-ring (bicyclic) bond motifs is 2. The molecule has 0 aromatic heterocycles. The molecular weight excluding hydrogens is 339 g/mol. The molecule has 1 fully saturated rings. The number of carboxylic acid groups (broad SMARTS) is 1. The fourth-order valence-corrected chi connectivity index (χ4v) is 3.76. The van der Waals surface area contributed by atoms with E-state index in [4.69, 9.17) is 4.74 Å². The van der Waals surface area contributed by atoms with Crippen LogP contribution in [0.1, 0.15) is 33.1 Å². The average Bonchev–Trinajstić information content (AvgIpc) is 2.79. The summed E-state index contributed by atoms with van der Waals surface area (Å²) >= 11 is 0. The van der Waals surface area contributed by atoms with Gasteiger partial charge in [0.25, 0.3) is 0 Å². The van der Waals surface area contributed by atoms with Crippen molar-refractivity contribution in [2.75, 3.05) is 33.2 Å². The maximum absolute atomic E-state index is 11.5. The van der Waals surface area contributed by atoms with E-state index in [-0.39, 0.29) is 35.6 Å². The number of nitrogens with zero attached hydrogens (tertiary/aromatic N) is 2. The molecule has 132 valence electrons. The van der Waals surface area contributed by atoms with Crippen molar-refractivity contribution < 1.29 is 14.6 Å². The molecule has 0 spiro atoms. The van der Waals surface area contributed by atoms with Crippen molar-refractivity contribution in [3.63, 3.8) is 0 Å². The van der Waals surface area contributed by atoms with Crippen molar-refractivity contribution in [1.29, 1.82) is 0 Å². The van der Waals surface area contributed by atoms with E-state index in [1.54, 1.807) is 18.2 Å². The molecule has 1 N–H and O–H groups in total. The second-order valence-corrected chi connectivity index (χ2v) is 6.79. The quantitative estimate of drug-likeness (QED) is 0.828. The van der Waals surface area contributed by atoms with Gasteiger partial charge in [-0.05, 0) is 36.4 Å². The molecule has 6 heteroatoms. The number of benzene rings is 2. The molecular formula is C20H23N2NaO3. The van der Waals surface area contributed by atoms with E-state index in [9.17, 15) is 9.90 Å². The first-order valence-corrected chi connectivity index (χ1v) is 8.64. The number of carbonyl (C=O) groups is 1. The standard InChI is InChI=1S/C20H22N2O3.Na.H/c1-21-8-10-22(11-9-21)19-16-5-3-2-4-15(16)13-25-18-7-6-14(20(23)24)12-17(18)19;;/h2-7,12,19H,8-11,13H2,1H3,(H,23,24);;. The fraction of sp³-hybridized carbons (Fsp3) is 0.350. The molecule has 2 aromatic rings. The Bertz CT molecular complexity index is 803. The van der Waals surface area contributed by atoms with Crippen LogP contribution in [0, 0.1) is 0 Å². The van der Waals surface area contributed by atoms with E-state index >= 15 is 0 Å².